The highest BCUT2D eigenvalue weighted by atomic mass is 19.1. The molecule has 0 N–H and O–H groups in total. The first kappa shape index (κ1) is 24.8. The smallest absolute Gasteiger partial charge is 0.259 e. The van der Waals surface area contributed by atoms with Crippen LogP contribution in [0.2, 0.25) is 0 Å². The number of rotatable bonds is 9. The maximum atomic E-state index is 13.9. The Labute approximate surface area is 217 Å². The standard InChI is InChI=1S/C31H32FN3O2/c1-2-26-29(34-18-8-9-19-34)33-30(35(31(26)36)20-17-23-13-10-14-25(32)21-23)27-15-6-7-16-28(27)37-22-24-11-4-3-5-12-24/h3-7,10-16,21H,2,8-9,17-20,22H2,1H3. The second-order valence-corrected chi connectivity index (χ2v) is 9.39. The molecule has 37 heavy (non-hydrogen) atoms. The number of nitrogens with zero attached hydrogens (tertiary/aromatic N) is 3. The van der Waals surface area contributed by atoms with E-state index in [0.29, 0.717) is 37.6 Å². The molecule has 0 atom stereocenters. The fourth-order valence-electron chi connectivity index (χ4n) is 4.94. The van der Waals surface area contributed by atoms with Crippen molar-refractivity contribution in [3.05, 3.63) is 112 Å². The van der Waals surface area contributed by atoms with Crippen LogP contribution in [-0.2, 0) is 26.0 Å². The Bertz CT molecular complexity index is 1410. The highest BCUT2D eigenvalue weighted by Crippen LogP contribution is 2.32. The average molecular weight is 498 g/mol. The van der Waals surface area contributed by atoms with Crippen molar-refractivity contribution in [3.8, 4) is 17.1 Å². The topological polar surface area (TPSA) is 47.4 Å². The average Bonchev–Trinajstić information content (AvgIpc) is 3.47. The van der Waals surface area contributed by atoms with Gasteiger partial charge in [-0.15, -0.1) is 0 Å². The van der Waals surface area contributed by atoms with Gasteiger partial charge in [0.25, 0.3) is 5.56 Å². The lowest BCUT2D eigenvalue weighted by molar-refractivity contribution is 0.307. The van der Waals surface area contributed by atoms with Crippen LogP contribution >= 0.6 is 0 Å². The van der Waals surface area contributed by atoms with Gasteiger partial charge in [0, 0.05) is 19.6 Å². The fourth-order valence-corrected chi connectivity index (χ4v) is 4.94. The number of para-hydroxylation sites is 1. The molecule has 0 bridgehead atoms. The number of benzene rings is 3. The van der Waals surface area contributed by atoms with E-state index in [9.17, 15) is 9.18 Å². The predicted octanol–water partition coefficient (Wildman–Crippen LogP) is 6.03. The van der Waals surface area contributed by atoms with Crippen molar-refractivity contribution in [2.75, 3.05) is 18.0 Å². The van der Waals surface area contributed by atoms with Gasteiger partial charge >= 0.3 is 0 Å². The molecule has 4 aromatic rings. The Morgan fingerprint density at radius 1 is 0.919 bits per heavy atom. The molecule has 0 amide bonds. The summed E-state index contributed by atoms with van der Waals surface area (Å²) < 4.78 is 21.8. The molecule has 1 aromatic heterocycles. The van der Waals surface area contributed by atoms with Crippen molar-refractivity contribution >= 4 is 5.82 Å². The molecule has 6 heteroatoms. The van der Waals surface area contributed by atoms with Crippen LogP contribution in [0.5, 0.6) is 5.75 Å². The molecule has 1 aliphatic rings. The molecular formula is C31H32FN3O2. The summed E-state index contributed by atoms with van der Waals surface area (Å²) >= 11 is 0. The highest BCUT2D eigenvalue weighted by molar-refractivity contribution is 5.67. The number of halogens is 1. The monoisotopic (exact) mass is 497 g/mol. The van der Waals surface area contributed by atoms with E-state index in [0.717, 1.165) is 54.0 Å². The molecule has 0 saturated carbocycles. The number of hydrogen-bond acceptors (Lipinski definition) is 4. The molecule has 3 aromatic carbocycles. The van der Waals surface area contributed by atoms with Gasteiger partial charge < -0.3 is 9.64 Å². The molecule has 1 fully saturated rings. The molecule has 5 nitrogen and oxygen atoms in total. The molecule has 0 aliphatic carbocycles. The van der Waals surface area contributed by atoms with Gasteiger partial charge in [0.15, 0.2) is 0 Å². The Balaban J connectivity index is 1.58. The van der Waals surface area contributed by atoms with Crippen LogP contribution in [0, 0.1) is 5.82 Å². The van der Waals surface area contributed by atoms with Gasteiger partial charge in [-0.3, -0.25) is 9.36 Å². The van der Waals surface area contributed by atoms with Crippen molar-refractivity contribution in [1.29, 1.82) is 0 Å². The molecule has 1 saturated heterocycles. The van der Waals surface area contributed by atoms with Gasteiger partial charge in [-0.1, -0.05) is 61.5 Å². The van der Waals surface area contributed by atoms with Crippen LogP contribution in [-0.4, -0.2) is 22.6 Å². The molecule has 1 aliphatic heterocycles. The van der Waals surface area contributed by atoms with E-state index in [4.69, 9.17) is 9.72 Å². The van der Waals surface area contributed by atoms with Crippen molar-refractivity contribution in [2.45, 2.75) is 45.8 Å². The number of aryl methyl sites for hydroxylation is 1. The number of ether oxygens (including phenoxy) is 1. The minimum absolute atomic E-state index is 0.0383. The van der Waals surface area contributed by atoms with E-state index in [1.165, 1.54) is 12.1 Å². The summed E-state index contributed by atoms with van der Waals surface area (Å²) in [6, 6.07) is 24.3. The largest absolute Gasteiger partial charge is 0.488 e. The second-order valence-electron chi connectivity index (χ2n) is 9.39. The van der Waals surface area contributed by atoms with Crippen LogP contribution in [0.1, 0.15) is 36.5 Å². The molecular weight excluding hydrogens is 465 g/mol. The number of aromatic nitrogens is 2. The van der Waals surface area contributed by atoms with E-state index in [1.807, 2.05) is 67.6 Å². The fraction of sp³-hybridized carbons (Fsp3) is 0.290. The van der Waals surface area contributed by atoms with Gasteiger partial charge in [-0.25, -0.2) is 9.37 Å². The Morgan fingerprint density at radius 3 is 2.41 bits per heavy atom. The normalized spacial score (nSPS) is 13.2. The minimum atomic E-state index is -0.276. The van der Waals surface area contributed by atoms with Crippen molar-refractivity contribution in [3.63, 3.8) is 0 Å². The number of anilines is 1. The van der Waals surface area contributed by atoms with Crippen molar-refractivity contribution in [2.24, 2.45) is 0 Å². The minimum Gasteiger partial charge on any atom is -0.488 e. The van der Waals surface area contributed by atoms with Crippen LogP contribution in [0.25, 0.3) is 11.4 Å². The lowest BCUT2D eigenvalue weighted by atomic mass is 10.1. The molecule has 0 unspecified atom stereocenters. The molecule has 2 heterocycles. The van der Waals surface area contributed by atoms with Crippen molar-refractivity contribution < 1.29 is 9.13 Å². The Morgan fingerprint density at radius 2 is 1.65 bits per heavy atom. The Kier molecular flexibility index (Phi) is 7.64. The summed E-state index contributed by atoms with van der Waals surface area (Å²) in [7, 11) is 0. The first-order valence-electron chi connectivity index (χ1n) is 13.0. The summed E-state index contributed by atoms with van der Waals surface area (Å²) in [6.07, 6.45) is 3.31. The molecule has 190 valence electrons. The third-order valence-corrected chi connectivity index (χ3v) is 6.88. The predicted molar refractivity (Wildman–Crippen MR) is 146 cm³/mol. The number of hydrogen-bond donors (Lipinski definition) is 0. The third kappa shape index (κ3) is 5.58. The summed E-state index contributed by atoms with van der Waals surface area (Å²) in [5.74, 6) is 1.76. The van der Waals surface area contributed by atoms with Crippen LogP contribution in [0.3, 0.4) is 0 Å². The third-order valence-electron chi connectivity index (χ3n) is 6.88. The maximum Gasteiger partial charge on any atom is 0.259 e. The highest BCUT2D eigenvalue weighted by Gasteiger charge is 2.24. The Hall–Kier alpha value is -3.93. The van der Waals surface area contributed by atoms with E-state index < -0.39 is 0 Å². The van der Waals surface area contributed by atoms with Gasteiger partial charge in [-0.2, -0.15) is 0 Å². The molecule has 0 spiro atoms. The quantitative estimate of drug-likeness (QED) is 0.283. The zero-order valence-electron chi connectivity index (χ0n) is 21.2. The SMILES string of the molecule is CCc1c(N2CCCC2)nc(-c2ccccc2OCc2ccccc2)n(CCc2cccc(F)c2)c1=O. The van der Waals surface area contributed by atoms with Gasteiger partial charge in [0.05, 0.1) is 11.1 Å². The first-order chi connectivity index (χ1) is 18.1. The van der Waals surface area contributed by atoms with E-state index >= 15 is 0 Å². The zero-order valence-corrected chi connectivity index (χ0v) is 21.2. The lowest BCUT2D eigenvalue weighted by Gasteiger charge is -2.23. The van der Waals surface area contributed by atoms with E-state index in [-0.39, 0.29) is 11.4 Å². The maximum absolute atomic E-state index is 13.9. The summed E-state index contributed by atoms with van der Waals surface area (Å²) in [6.45, 7) is 4.62. The van der Waals surface area contributed by atoms with Crippen molar-refractivity contribution in [1.82, 2.24) is 9.55 Å². The molecule has 0 radical (unpaired) electrons. The second kappa shape index (κ2) is 11.4. The van der Waals surface area contributed by atoms with Crippen LogP contribution in [0.15, 0.2) is 83.7 Å². The van der Waals surface area contributed by atoms with E-state index in [1.54, 1.807) is 10.6 Å². The van der Waals surface area contributed by atoms with Crippen LogP contribution < -0.4 is 15.2 Å². The molecule has 5 rings (SSSR count). The summed E-state index contributed by atoms with van der Waals surface area (Å²) in [5, 5.41) is 0. The van der Waals surface area contributed by atoms with Crippen LogP contribution in [0.4, 0.5) is 10.2 Å². The first-order valence-corrected chi connectivity index (χ1v) is 13.0. The van der Waals surface area contributed by atoms with Gasteiger partial charge in [0.1, 0.15) is 29.8 Å². The zero-order chi connectivity index (χ0) is 25.6. The summed E-state index contributed by atoms with van der Waals surface area (Å²) in [5.41, 5.74) is 3.37. The summed E-state index contributed by atoms with van der Waals surface area (Å²) in [4.78, 5) is 21.3. The van der Waals surface area contributed by atoms with Gasteiger partial charge in [-0.05, 0) is 61.1 Å². The lowest BCUT2D eigenvalue weighted by Crippen LogP contribution is -2.32. The van der Waals surface area contributed by atoms with Gasteiger partial charge in [0.2, 0.25) is 0 Å². The van der Waals surface area contributed by atoms with E-state index in [2.05, 4.69) is 4.90 Å².